The first-order valence-electron chi connectivity index (χ1n) is 6.69. The fourth-order valence-electron chi connectivity index (χ4n) is 2.09. The van der Waals surface area contributed by atoms with Crippen LogP contribution in [0.25, 0.3) is 6.08 Å². The number of aliphatic carboxylic acids is 1. The minimum Gasteiger partial charge on any atom is -0.478 e. The molecule has 1 aliphatic heterocycles. The molecule has 1 atom stereocenters. The number of carbonyl (C=O) groups excluding carboxylic acids is 1. The maximum absolute atomic E-state index is 12.2. The fraction of sp³-hybridized carbons (Fsp3) is 0.333. The summed E-state index contributed by atoms with van der Waals surface area (Å²) in [7, 11) is 1.81. The summed E-state index contributed by atoms with van der Waals surface area (Å²) in [5.41, 5.74) is 1.39. The number of nitrogens with one attached hydrogen (secondary N) is 1. The third-order valence-electron chi connectivity index (χ3n) is 3.33. The molecule has 21 heavy (non-hydrogen) atoms. The van der Waals surface area contributed by atoms with Gasteiger partial charge >= 0.3 is 12.0 Å². The molecular weight excluding hydrogens is 288 g/mol. The third-order valence-corrected chi connectivity index (χ3v) is 4.47. The van der Waals surface area contributed by atoms with Gasteiger partial charge in [-0.3, -0.25) is 0 Å². The van der Waals surface area contributed by atoms with Crippen LogP contribution in [0.1, 0.15) is 12.0 Å². The van der Waals surface area contributed by atoms with Crippen molar-refractivity contribution < 1.29 is 14.7 Å². The number of carbonyl (C=O) groups is 2. The lowest BCUT2D eigenvalue weighted by Crippen LogP contribution is -2.39. The molecule has 1 aromatic carbocycles. The Morgan fingerprint density at radius 1 is 1.48 bits per heavy atom. The largest absolute Gasteiger partial charge is 0.478 e. The number of nitrogens with zero attached hydrogens (tertiary/aromatic N) is 1. The van der Waals surface area contributed by atoms with Gasteiger partial charge in [0.2, 0.25) is 0 Å². The van der Waals surface area contributed by atoms with Crippen molar-refractivity contribution in [3.05, 3.63) is 35.9 Å². The molecule has 0 aliphatic carbocycles. The Balaban J connectivity index is 2.00. The van der Waals surface area contributed by atoms with Crippen molar-refractivity contribution in [2.75, 3.05) is 23.9 Å². The van der Waals surface area contributed by atoms with Crippen LogP contribution in [0.15, 0.2) is 30.3 Å². The first kappa shape index (κ1) is 15.4. The number of rotatable bonds is 4. The quantitative estimate of drug-likeness (QED) is 0.839. The van der Waals surface area contributed by atoms with Gasteiger partial charge in [-0.1, -0.05) is 12.1 Å². The lowest BCUT2D eigenvalue weighted by Gasteiger charge is -2.24. The predicted molar refractivity (Wildman–Crippen MR) is 85.6 cm³/mol. The molecule has 1 fully saturated rings. The zero-order chi connectivity index (χ0) is 15.2. The summed E-state index contributed by atoms with van der Waals surface area (Å²) >= 11 is 1.86. The van der Waals surface area contributed by atoms with Crippen molar-refractivity contribution in [1.29, 1.82) is 0 Å². The van der Waals surface area contributed by atoms with Gasteiger partial charge in [0.05, 0.1) is 0 Å². The Bertz CT molecular complexity index is 554. The Labute approximate surface area is 128 Å². The summed E-state index contributed by atoms with van der Waals surface area (Å²) in [6.45, 7) is 0. The van der Waals surface area contributed by atoms with E-state index in [0.29, 0.717) is 5.69 Å². The molecule has 1 heterocycles. The second-order valence-corrected chi connectivity index (χ2v) is 6.01. The molecule has 2 N–H and O–H groups in total. The number of hydrogen-bond acceptors (Lipinski definition) is 3. The van der Waals surface area contributed by atoms with E-state index in [9.17, 15) is 9.59 Å². The fourth-order valence-corrected chi connectivity index (χ4v) is 3.36. The molecule has 0 spiro atoms. The first-order valence-corrected chi connectivity index (χ1v) is 7.84. The highest BCUT2D eigenvalue weighted by molar-refractivity contribution is 7.99. The van der Waals surface area contributed by atoms with Crippen molar-refractivity contribution in [3.8, 4) is 0 Å². The summed E-state index contributed by atoms with van der Waals surface area (Å²) in [4.78, 5) is 24.4. The topological polar surface area (TPSA) is 69.6 Å². The van der Waals surface area contributed by atoms with Crippen LogP contribution in [0.4, 0.5) is 10.5 Å². The van der Waals surface area contributed by atoms with Gasteiger partial charge in [-0.2, -0.15) is 11.8 Å². The van der Waals surface area contributed by atoms with E-state index >= 15 is 0 Å². The zero-order valence-corrected chi connectivity index (χ0v) is 12.6. The van der Waals surface area contributed by atoms with E-state index in [-0.39, 0.29) is 12.1 Å². The minimum atomic E-state index is -0.997. The number of anilines is 1. The van der Waals surface area contributed by atoms with E-state index in [0.717, 1.165) is 29.6 Å². The van der Waals surface area contributed by atoms with Crippen LogP contribution >= 0.6 is 11.8 Å². The number of urea groups is 1. The van der Waals surface area contributed by atoms with Crippen LogP contribution in [0.5, 0.6) is 0 Å². The predicted octanol–water partition coefficient (Wildman–Crippen LogP) is 2.75. The normalized spacial score (nSPS) is 17.9. The second kappa shape index (κ2) is 7.17. The van der Waals surface area contributed by atoms with Crippen LogP contribution in [0.2, 0.25) is 0 Å². The Morgan fingerprint density at radius 3 is 2.95 bits per heavy atom. The maximum Gasteiger partial charge on any atom is 0.328 e. The Morgan fingerprint density at radius 2 is 2.29 bits per heavy atom. The van der Waals surface area contributed by atoms with Crippen LogP contribution in [-0.4, -0.2) is 46.6 Å². The average Bonchev–Trinajstić information content (AvgIpc) is 2.98. The highest BCUT2D eigenvalue weighted by atomic mass is 32.2. The van der Waals surface area contributed by atoms with Crippen LogP contribution in [-0.2, 0) is 4.79 Å². The van der Waals surface area contributed by atoms with E-state index in [4.69, 9.17) is 5.11 Å². The lowest BCUT2D eigenvalue weighted by molar-refractivity contribution is -0.131. The van der Waals surface area contributed by atoms with Gasteiger partial charge in [0.15, 0.2) is 0 Å². The number of hydrogen-bond donors (Lipinski definition) is 2. The first-order chi connectivity index (χ1) is 10.1. The van der Waals surface area contributed by atoms with Crippen molar-refractivity contribution in [2.45, 2.75) is 12.5 Å². The summed E-state index contributed by atoms with van der Waals surface area (Å²) in [6, 6.07) is 7.24. The number of thioether (sulfide) groups is 1. The average molecular weight is 306 g/mol. The Kier molecular flexibility index (Phi) is 5.27. The van der Waals surface area contributed by atoms with E-state index in [2.05, 4.69) is 5.32 Å². The van der Waals surface area contributed by atoms with Gasteiger partial charge in [0, 0.05) is 30.6 Å². The molecule has 2 rings (SSSR count). The Hall–Kier alpha value is -1.95. The van der Waals surface area contributed by atoms with E-state index in [1.807, 2.05) is 11.8 Å². The smallest absolute Gasteiger partial charge is 0.328 e. The monoisotopic (exact) mass is 306 g/mol. The lowest BCUT2D eigenvalue weighted by atomic mass is 10.2. The van der Waals surface area contributed by atoms with Crippen LogP contribution < -0.4 is 5.32 Å². The van der Waals surface area contributed by atoms with E-state index < -0.39 is 5.97 Å². The van der Waals surface area contributed by atoms with Gasteiger partial charge in [0.1, 0.15) is 0 Å². The number of benzene rings is 1. The molecule has 0 radical (unpaired) electrons. The van der Waals surface area contributed by atoms with Crippen LogP contribution in [0, 0.1) is 0 Å². The third kappa shape index (κ3) is 4.53. The van der Waals surface area contributed by atoms with Crippen molar-refractivity contribution in [2.24, 2.45) is 0 Å². The van der Waals surface area contributed by atoms with Gasteiger partial charge in [-0.25, -0.2) is 9.59 Å². The van der Waals surface area contributed by atoms with Gasteiger partial charge in [0.25, 0.3) is 0 Å². The molecule has 0 bridgehead atoms. The SMILES string of the molecule is CN(C(=O)Nc1cccc(/C=C/C(=O)O)c1)C1CCSC1. The molecule has 0 saturated carbocycles. The molecule has 5 nitrogen and oxygen atoms in total. The highest BCUT2D eigenvalue weighted by Crippen LogP contribution is 2.22. The molecule has 2 amide bonds. The maximum atomic E-state index is 12.2. The molecule has 0 aromatic heterocycles. The molecule has 6 heteroatoms. The van der Waals surface area contributed by atoms with Crippen molar-refractivity contribution >= 4 is 35.5 Å². The highest BCUT2D eigenvalue weighted by Gasteiger charge is 2.23. The molecule has 1 saturated heterocycles. The van der Waals surface area contributed by atoms with E-state index in [1.165, 1.54) is 6.08 Å². The van der Waals surface area contributed by atoms with Crippen molar-refractivity contribution in [3.63, 3.8) is 0 Å². The molecule has 1 unspecified atom stereocenters. The standard InChI is InChI=1S/C15H18N2O3S/c1-17(13-7-8-21-10-13)15(20)16-12-4-2-3-11(9-12)5-6-14(18)19/h2-6,9,13H,7-8,10H2,1H3,(H,16,20)(H,18,19)/b6-5+. The van der Waals surface area contributed by atoms with Crippen LogP contribution in [0.3, 0.4) is 0 Å². The van der Waals surface area contributed by atoms with Gasteiger partial charge in [-0.15, -0.1) is 0 Å². The summed E-state index contributed by atoms with van der Waals surface area (Å²) < 4.78 is 0. The van der Waals surface area contributed by atoms with Gasteiger partial charge < -0.3 is 15.3 Å². The number of amides is 2. The minimum absolute atomic E-state index is 0.137. The second-order valence-electron chi connectivity index (χ2n) is 4.86. The molecule has 1 aliphatic rings. The molecule has 112 valence electrons. The van der Waals surface area contributed by atoms with Crippen molar-refractivity contribution in [1.82, 2.24) is 4.90 Å². The number of carboxylic acids is 1. The van der Waals surface area contributed by atoms with E-state index in [1.54, 1.807) is 36.2 Å². The number of carboxylic acid groups (broad SMARTS) is 1. The molecular formula is C15H18N2O3S. The summed E-state index contributed by atoms with van der Waals surface area (Å²) in [5.74, 6) is 1.08. The molecule has 1 aromatic rings. The summed E-state index contributed by atoms with van der Waals surface area (Å²) in [5, 5.41) is 11.5. The summed E-state index contributed by atoms with van der Waals surface area (Å²) in [6.07, 6.45) is 3.59. The van der Waals surface area contributed by atoms with Gasteiger partial charge in [-0.05, 0) is 35.9 Å². The zero-order valence-electron chi connectivity index (χ0n) is 11.8.